The fraction of sp³-hybridized carbons (Fsp3) is 0.200. The molecule has 188 valence electrons. The Kier molecular flexibility index (Phi) is 7.08. The molecule has 2 N–H and O–H groups in total. The van der Waals surface area contributed by atoms with E-state index < -0.39 is 41.9 Å². The first kappa shape index (κ1) is 25.7. The predicted octanol–water partition coefficient (Wildman–Crippen LogP) is 6.74. The number of urea groups is 2. The zero-order chi connectivity index (χ0) is 26.2. The number of hydrogen-bond acceptors (Lipinski definition) is 3. The highest BCUT2D eigenvalue weighted by atomic mass is 35.5. The molecule has 0 aromatic heterocycles. The highest BCUT2D eigenvalue weighted by molar-refractivity contribution is 6.31. The second kappa shape index (κ2) is 9.93. The Balaban J connectivity index is 1.74. The van der Waals surface area contributed by atoms with E-state index in [1.807, 2.05) is 0 Å². The second-order valence-corrected chi connectivity index (χ2v) is 9.60. The van der Waals surface area contributed by atoms with Gasteiger partial charge in [0, 0.05) is 27.0 Å². The van der Waals surface area contributed by atoms with Crippen molar-refractivity contribution in [1.29, 1.82) is 0 Å². The Hall–Kier alpha value is -3.40. The van der Waals surface area contributed by atoms with E-state index in [9.17, 15) is 23.6 Å². The number of nitrogens with zero attached hydrogens (tertiary/aromatic N) is 3. The molecule has 7 nitrogen and oxygen atoms in total. The summed E-state index contributed by atoms with van der Waals surface area (Å²) in [5.41, 5.74) is -1.06. The van der Waals surface area contributed by atoms with Crippen LogP contribution in [0, 0.1) is 11.6 Å². The van der Waals surface area contributed by atoms with Gasteiger partial charge in [-0.15, -0.1) is 0 Å². The van der Waals surface area contributed by atoms with Crippen LogP contribution in [0.3, 0.4) is 0 Å². The quantitative estimate of drug-likeness (QED) is 0.281. The van der Waals surface area contributed by atoms with Gasteiger partial charge in [0.1, 0.15) is 11.6 Å². The summed E-state index contributed by atoms with van der Waals surface area (Å²) in [4.78, 5) is 29.1. The maximum Gasteiger partial charge on any atom is 0.347 e. The van der Waals surface area contributed by atoms with Crippen molar-refractivity contribution in [1.82, 2.24) is 9.96 Å². The van der Waals surface area contributed by atoms with E-state index in [4.69, 9.17) is 23.2 Å². The van der Waals surface area contributed by atoms with Crippen LogP contribution in [0.2, 0.25) is 10.0 Å². The highest BCUT2D eigenvalue weighted by Crippen LogP contribution is 2.40. The predicted molar refractivity (Wildman–Crippen MR) is 133 cm³/mol. The van der Waals surface area contributed by atoms with Crippen LogP contribution in [-0.4, -0.2) is 38.9 Å². The molecule has 0 unspecified atom stereocenters. The number of hydroxylamine groups is 2. The monoisotopic (exact) mass is 534 g/mol. The van der Waals surface area contributed by atoms with Gasteiger partial charge in [-0.3, -0.25) is 10.1 Å². The van der Waals surface area contributed by atoms with Crippen LogP contribution in [0.25, 0.3) is 0 Å². The smallest absolute Gasteiger partial charge is 0.311 e. The van der Waals surface area contributed by atoms with Crippen molar-refractivity contribution in [3.63, 3.8) is 0 Å². The van der Waals surface area contributed by atoms with Crippen molar-refractivity contribution in [2.24, 2.45) is 0 Å². The first-order valence-electron chi connectivity index (χ1n) is 10.8. The summed E-state index contributed by atoms with van der Waals surface area (Å²) in [6, 6.07) is 14.3. The largest absolute Gasteiger partial charge is 0.347 e. The number of halogens is 4. The van der Waals surface area contributed by atoms with Gasteiger partial charge in [0.15, 0.2) is 6.17 Å². The van der Waals surface area contributed by atoms with Crippen LogP contribution in [-0.2, 0) is 6.54 Å². The third kappa shape index (κ3) is 4.82. The number of hydrogen-bond donors (Lipinski definition) is 2. The summed E-state index contributed by atoms with van der Waals surface area (Å²) in [6.07, 6.45) is -1.31. The van der Waals surface area contributed by atoms with Gasteiger partial charge in [0.05, 0.1) is 12.1 Å². The van der Waals surface area contributed by atoms with Crippen LogP contribution in [0.4, 0.5) is 29.7 Å². The van der Waals surface area contributed by atoms with Crippen LogP contribution >= 0.6 is 23.2 Å². The molecule has 11 heteroatoms. The number of benzene rings is 3. The molecule has 0 saturated carbocycles. The maximum absolute atomic E-state index is 14.5. The van der Waals surface area contributed by atoms with Gasteiger partial charge in [-0.1, -0.05) is 41.4 Å². The van der Waals surface area contributed by atoms with Crippen LogP contribution in [0.5, 0.6) is 0 Å². The van der Waals surface area contributed by atoms with Gasteiger partial charge in [0.2, 0.25) is 0 Å². The number of anilines is 2. The molecular formula is C25H22Cl2F2N4O3. The van der Waals surface area contributed by atoms with Crippen molar-refractivity contribution in [3.05, 3.63) is 94.0 Å². The minimum absolute atomic E-state index is 0.275. The molecule has 1 aliphatic rings. The number of carbonyl (C=O) groups is 2. The maximum atomic E-state index is 14.5. The Bertz CT molecular complexity index is 1300. The minimum atomic E-state index is -1.32. The SMILES string of the molecule is CC1(C)[C@@H](N(O)C(=O)Nc2cccc(Cl)c2)N(c2cccc(Cl)c2)C(=O)N1Cc1c(F)cccc1F. The van der Waals surface area contributed by atoms with Crippen molar-refractivity contribution in [3.8, 4) is 0 Å². The normalized spacial score (nSPS) is 16.9. The van der Waals surface area contributed by atoms with Crippen molar-refractivity contribution in [2.45, 2.75) is 32.1 Å². The van der Waals surface area contributed by atoms with Gasteiger partial charge in [-0.05, 0) is 62.4 Å². The Labute approximate surface area is 216 Å². The molecule has 1 atom stereocenters. The first-order valence-corrected chi connectivity index (χ1v) is 11.6. The van der Waals surface area contributed by atoms with E-state index >= 15 is 0 Å². The summed E-state index contributed by atoms with van der Waals surface area (Å²) in [5.74, 6) is -1.65. The van der Waals surface area contributed by atoms with E-state index in [1.54, 1.807) is 50.2 Å². The molecule has 0 spiro atoms. The van der Waals surface area contributed by atoms with Crippen LogP contribution in [0.15, 0.2) is 66.7 Å². The molecule has 3 aromatic carbocycles. The van der Waals surface area contributed by atoms with Gasteiger partial charge in [0.25, 0.3) is 0 Å². The zero-order valence-corrected chi connectivity index (χ0v) is 20.8. The third-order valence-corrected chi connectivity index (χ3v) is 6.46. The molecule has 3 aromatic rings. The summed E-state index contributed by atoms with van der Waals surface area (Å²) in [5, 5.41) is 14.7. The van der Waals surface area contributed by atoms with Crippen molar-refractivity contribution >= 4 is 46.6 Å². The molecule has 4 rings (SSSR count). The van der Waals surface area contributed by atoms with Crippen LogP contribution in [0.1, 0.15) is 19.4 Å². The first-order chi connectivity index (χ1) is 17.0. The van der Waals surface area contributed by atoms with Gasteiger partial charge in [-0.25, -0.2) is 18.4 Å². The Morgan fingerprint density at radius 2 is 1.61 bits per heavy atom. The van der Waals surface area contributed by atoms with Crippen LogP contribution < -0.4 is 10.2 Å². The lowest BCUT2D eigenvalue weighted by atomic mass is 9.99. The zero-order valence-electron chi connectivity index (χ0n) is 19.3. The number of amides is 4. The number of nitrogens with one attached hydrogen (secondary N) is 1. The van der Waals surface area contributed by atoms with Crippen molar-refractivity contribution in [2.75, 3.05) is 10.2 Å². The van der Waals surface area contributed by atoms with Gasteiger partial charge in [-0.2, -0.15) is 5.06 Å². The Morgan fingerprint density at radius 3 is 2.22 bits per heavy atom. The molecule has 36 heavy (non-hydrogen) atoms. The molecule has 0 radical (unpaired) electrons. The van der Waals surface area contributed by atoms with E-state index in [-0.39, 0.29) is 11.3 Å². The summed E-state index contributed by atoms with van der Waals surface area (Å²) in [7, 11) is 0. The molecule has 4 amide bonds. The highest BCUT2D eigenvalue weighted by Gasteiger charge is 2.56. The summed E-state index contributed by atoms with van der Waals surface area (Å²) >= 11 is 12.1. The molecular weight excluding hydrogens is 513 g/mol. The van der Waals surface area contributed by atoms with Crippen molar-refractivity contribution < 1.29 is 23.6 Å². The van der Waals surface area contributed by atoms with E-state index in [0.29, 0.717) is 20.8 Å². The molecule has 1 fully saturated rings. The number of carbonyl (C=O) groups excluding carboxylic acids is 2. The topological polar surface area (TPSA) is 76.1 Å². The summed E-state index contributed by atoms with van der Waals surface area (Å²) in [6.45, 7) is 2.71. The standard InChI is InChI=1S/C25H22Cl2F2N4O3/c1-25(2)22(33(36)23(34)30-17-8-3-6-15(26)12-17)32(18-9-4-7-16(27)13-18)24(35)31(25)14-19-20(28)10-5-11-21(19)29/h3-13,22,36H,14H2,1-2H3,(H,30,34)/t22-/m1/s1. The van der Waals surface area contributed by atoms with E-state index in [0.717, 1.165) is 17.0 Å². The van der Waals surface area contributed by atoms with E-state index in [1.165, 1.54) is 23.1 Å². The molecule has 1 heterocycles. The van der Waals surface area contributed by atoms with Gasteiger partial charge >= 0.3 is 12.1 Å². The summed E-state index contributed by atoms with van der Waals surface area (Å²) < 4.78 is 28.9. The number of rotatable bonds is 5. The molecule has 1 aliphatic heterocycles. The lowest BCUT2D eigenvalue weighted by molar-refractivity contribution is -0.0955. The van der Waals surface area contributed by atoms with Gasteiger partial charge < -0.3 is 10.2 Å². The minimum Gasteiger partial charge on any atom is -0.311 e. The lowest BCUT2D eigenvalue weighted by Gasteiger charge is -2.38. The van der Waals surface area contributed by atoms with E-state index in [2.05, 4.69) is 5.32 Å². The average Bonchev–Trinajstić information content (AvgIpc) is 3.00. The molecule has 0 aliphatic carbocycles. The fourth-order valence-electron chi connectivity index (χ4n) is 4.19. The third-order valence-electron chi connectivity index (χ3n) is 5.99. The second-order valence-electron chi connectivity index (χ2n) is 8.73. The molecule has 0 bridgehead atoms. The molecule has 1 saturated heterocycles. The lowest BCUT2D eigenvalue weighted by Crippen LogP contribution is -2.58. The average molecular weight is 535 g/mol. The fourth-order valence-corrected chi connectivity index (χ4v) is 4.57. The Morgan fingerprint density at radius 1 is 1.03 bits per heavy atom.